The third kappa shape index (κ3) is 3.17. The molecular formula is C17H18O5S. The van der Waals surface area contributed by atoms with Crippen molar-refractivity contribution in [3.8, 4) is 0 Å². The van der Waals surface area contributed by atoms with Gasteiger partial charge in [-0.3, -0.25) is 0 Å². The Bertz CT molecular complexity index is 727. The molecule has 0 N–H and O–H groups in total. The van der Waals surface area contributed by atoms with Gasteiger partial charge in [0.2, 0.25) is 0 Å². The molecule has 0 saturated carbocycles. The number of methoxy groups -OCH3 is 1. The van der Waals surface area contributed by atoms with Crippen LogP contribution < -0.4 is 0 Å². The van der Waals surface area contributed by atoms with Gasteiger partial charge in [0.1, 0.15) is 5.56 Å². The molecule has 2 aromatic rings. The van der Waals surface area contributed by atoms with Crippen LogP contribution in [0.4, 0.5) is 0 Å². The second-order valence-electron chi connectivity index (χ2n) is 5.72. The van der Waals surface area contributed by atoms with Gasteiger partial charge in [0.25, 0.3) is 0 Å². The zero-order valence-electron chi connectivity index (χ0n) is 13.1. The number of carbonyl (C=O) groups excluding carboxylic acids is 2. The monoisotopic (exact) mass is 334 g/mol. The summed E-state index contributed by atoms with van der Waals surface area (Å²) in [5.74, 6) is 0.0784. The van der Waals surface area contributed by atoms with Crippen molar-refractivity contribution in [3.63, 3.8) is 0 Å². The molecule has 0 aliphatic heterocycles. The number of ether oxygens (including phenoxy) is 2. The van der Waals surface area contributed by atoms with Crippen LogP contribution in [-0.4, -0.2) is 19.0 Å². The van der Waals surface area contributed by atoms with Gasteiger partial charge in [0.05, 0.1) is 18.9 Å². The number of furan rings is 1. The zero-order chi connectivity index (χ0) is 16.4. The van der Waals surface area contributed by atoms with Crippen molar-refractivity contribution in [2.24, 2.45) is 5.92 Å². The van der Waals surface area contributed by atoms with E-state index in [2.05, 4.69) is 11.7 Å². The summed E-state index contributed by atoms with van der Waals surface area (Å²) in [5.41, 5.74) is 2.04. The molecule has 0 saturated heterocycles. The molecule has 5 nitrogen and oxygen atoms in total. The Hall–Kier alpha value is -2.08. The lowest BCUT2D eigenvalue weighted by Crippen LogP contribution is -2.13. The fourth-order valence-electron chi connectivity index (χ4n) is 2.80. The van der Waals surface area contributed by atoms with Gasteiger partial charge in [0.15, 0.2) is 12.4 Å². The van der Waals surface area contributed by atoms with Crippen molar-refractivity contribution >= 4 is 23.3 Å². The first-order valence-corrected chi connectivity index (χ1v) is 8.39. The van der Waals surface area contributed by atoms with Crippen molar-refractivity contribution in [3.05, 3.63) is 45.0 Å². The summed E-state index contributed by atoms with van der Waals surface area (Å²) in [6.07, 6.45) is 4.41. The zero-order valence-corrected chi connectivity index (χ0v) is 13.9. The van der Waals surface area contributed by atoms with Gasteiger partial charge in [-0.05, 0) is 36.8 Å². The second kappa shape index (κ2) is 6.58. The van der Waals surface area contributed by atoms with Crippen molar-refractivity contribution in [2.45, 2.75) is 32.8 Å². The minimum Gasteiger partial charge on any atom is -0.465 e. The molecular weight excluding hydrogens is 316 g/mol. The van der Waals surface area contributed by atoms with Gasteiger partial charge < -0.3 is 13.9 Å². The molecule has 3 rings (SSSR count). The summed E-state index contributed by atoms with van der Waals surface area (Å²) < 4.78 is 15.2. The standard InChI is InChI=1S/C17H18O5S/c1-10-3-4-11-13(9-23-15(11)7-10)17(19)22-8-14-12(5-6-21-14)16(18)20-2/h5-6,9-10H,3-4,7-8H2,1-2H3. The summed E-state index contributed by atoms with van der Waals surface area (Å²) in [4.78, 5) is 25.2. The molecule has 0 aromatic carbocycles. The minimum atomic E-state index is -0.508. The van der Waals surface area contributed by atoms with Gasteiger partial charge in [-0.2, -0.15) is 0 Å². The molecule has 1 aliphatic rings. The number of esters is 2. The van der Waals surface area contributed by atoms with E-state index in [1.165, 1.54) is 24.3 Å². The Balaban J connectivity index is 1.69. The van der Waals surface area contributed by atoms with Crippen molar-refractivity contribution in [2.75, 3.05) is 7.11 Å². The van der Waals surface area contributed by atoms with E-state index in [0.29, 0.717) is 17.2 Å². The van der Waals surface area contributed by atoms with Crippen molar-refractivity contribution in [1.82, 2.24) is 0 Å². The third-order valence-corrected chi connectivity index (χ3v) is 5.16. The number of hydrogen-bond acceptors (Lipinski definition) is 6. The Kier molecular flexibility index (Phi) is 4.52. The van der Waals surface area contributed by atoms with Gasteiger partial charge in [-0.1, -0.05) is 6.92 Å². The van der Waals surface area contributed by atoms with E-state index in [1.54, 1.807) is 11.3 Å². The molecule has 0 fully saturated rings. The highest BCUT2D eigenvalue weighted by atomic mass is 32.1. The second-order valence-corrected chi connectivity index (χ2v) is 6.69. The van der Waals surface area contributed by atoms with E-state index in [9.17, 15) is 9.59 Å². The highest BCUT2D eigenvalue weighted by molar-refractivity contribution is 7.10. The van der Waals surface area contributed by atoms with E-state index in [0.717, 1.165) is 24.8 Å². The lowest BCUT2D eigenvalue weighted by atomic mass is 9.88. The number of hydrogen-bond donors (Lipinski definition) is 0. The average Bonchev–Trinajstić information content (AvgIpc) is 3.18. The van der Waals surface area contributed by atoms with E-state index in [-0.39, 0.29) is 18.1 Å². The molecule has 1 aliphatic carbocycles. The Morgan fingerprint density at radius 1 is 1.35 bits per heavy atom. The van der Waals surface area contributed by atoms with Crippen LogP contribution in [0.1, 0.15) is 50.3 Å². The van der Waals surface area contributed by atoms with Crippen LogP contribution >= 0.6 is 11.3 Å². The summed E-state index contributed by atoms with van der Waals surface area (Å²) in [6, 6.07) is 1.50. The Labute approximate surface area is 138 Å². The SMILES string of the molecule is COC(=O)c1ccoc1COC(=O)c1csc2c1CCC(C)C2. The van der Waals surface area contributed by atoms with Gasteiger partial charge in [-0.25, -0.2) is 9.59 Å². The van der Waals surface area contributed by atoms with Crippen LogP contribution in [0.5, 0.6) is 0 Å². The van der Waals surface area contributed by atoms with E-state index in [1.807, 2.05) is 5.38 Å². The lowest BCUT2D eigenvalue weighted by Gasteiger charge is -2.18. The van der Waals surface area contributed by atoms with Crippen LogP contribution in [0.3, 0.4) is 0 Å². The fourth-order valence-corrected chi connectivity index (χ4v) is 4.04. The largest absolute Gasteiger partial charge is 0.465 e. The maximum Gasteiger partial charge on any atom is 0.341 e. The van der Waals surface area contributed by atoms with Crippen LogP contribution in [-0.2, 0) is 28.9 Å². The molecule has 0 amide bonds. The molecule has 6 heteroatoms. The lowest BCUT2D eigenvalue weighted by molar-refractivity contribution is 0.0431. The topological polar surface area (TPSA) is 65.7 Å². The van der Waals surface area contributed by atoms with Gasteiger partial charge >= 0.3 is 11.9 Å². The normalized spacial score (nSPS) is 16.7. The van der Waals surface area contributed by atoms with Gasteiger partial charge in [-0.15, -0.1) is 11.3 Å². The number of fused-ring (bicyclic) bond motifs is 1. The van der Waals surface area contributed by atoms with Crippen LogP contribution in [0.25, 0.3) is 0 Å². The van der Waals surface area contributed by atoms with E-state index >= 15 is 0 Å². The van der Waals surface area contributed by atoms with E-state index in [4.69, 9.17) is 9.15 Å². The molecule has 1 atom stereocenters. The predicted molar refractivity (Wildman–Crippen MR) is 84.7 cm³/mol. The number of carbonyl (C=O) groups is 2. The van der Waals surface area contributed by atoms with Crippen molar-refractivity contribution in [1.29, 1.82) is 0 Å². The summed E-state index contributed by atoms with van der Waals surface area (Å²) in [7, 11) is 1.30. The molecule has 0 bridgehead atoms. The Morgan fingerprint density at radius 3 is 2.96 bits per heavy atom. The molecule has 122 valence electrons. The highest BCUT2D eigenvalue weighted by Crippen LogP contribution is 2.33. The smallest absolute Gasteiger partial charge is 0.341 e. The maximum atomic E-state index is 12.3. The van der Waals surface area contributed by atoms with Crippen LogP contribution in [0.15, 0.2) is 22.1 Å². The quantitative estimate of drug-likeness (QED) is 0.799. The first-order chi connectivity index (χ1) is 11.1. The first kappa shape index (κ1) is 15.8. The number of thiophene rings is 1. The first-order valence-electron chi connectivity index (χ1n) is 7.51. The summed E-state index contributed by atoms with van der Waals surface area (Å²) in [6.45, 7) is 2.14. The van der Waals surface area contributed by atoms with E-state index < -0.39 is 5.97 Å². The molecule has 23 heavy (non-hydrogen) atoms. The van der Waals surface area contributed by atoms with Gasteiger partial charge in [0, 0.05) is 10.3 Å². The summed E-state index contributed by atoms with van der Waals surface area (Å²) >= 11 is 1.62. The van der Waals surface area contributed by atoms with Crippen molar-refractivity contribution < 1.29 is 23.5 Å². The third-order valence-electron chi connectivity index (χ3n) is 4.11. The predicted octanol–water partition coefficient (Wildman–Crippen LogP) is 3.61. The molecule has 0 spiro atoms. The number of rotatable bonds is 4. The van der Waals surface area contributed by atoms with Crippen LogP contribution in [0, 0.1) is 5.92 Å². The fraction of sp³-hybridized carbons (Fsp3) is 0.412. The Morgan fingerprint density at radius 2 is 2.17 bits per heavy atom. The van der Waals surface area contributed by atoms with Crippen LogP contribution in [0.2, 0.25) is 0 Å². The molecule has 2 aromatic heterocycles. The summed E-state index contributed by atoms with van der Waals surface area (Å²) in [5, 5.41) is 1.87. The average molecular weight is 334 g/mol. The molecule has 1 unspecified atom stereocenters. The molecule has 2 heterocycles. The maximum absolute atomic E-state index is 12.3. The molecule has 0 radical (unpaired) electrons. The highest BCUT2D eigenvalue weighted by Gasteiger charge is 2.24. The minimum absolute atomic E-state index is 0.0860.